The van der Waals surface area contributed by atoms with Crippen molar-refractivity contribution in [2.75, 3.05) is 6.61 Å². The average molecular weight is 378 g/mol. The predicted molar refractivity (Wildman–Crippen MR) is 93.4 cm³/mol. The van der Waals surface area contributed by atoms with Crippen molar-refractivity contribution < 1.29 is 13.5 Å². The van der Waals surface area contributed by atoms with E-state index in [0.29, 0.717) is 40.1 Å². The second kappa shape index (κ2) is 7.73. The quantitative estimate of drug-likeness (QED) is 0.613. The van der Waals surface area contributed by atoms with Crippen LogP contribution in [0.2, 0.25) is 5.15 Å². The second-order valence-electron chi connectivity index (χ2n) is 5.03. The topological polar surface area (TPSA) is 93.0 Å². The van der Waals surface area contributed by atoms with Crippen LogP contribution < -0.4 is 4.74 Å². The van der Waals surface area contributed by atoms with E-state index in [1.165, 1.54) is 6.20 Å². The lowest BCUT2D eigenvalue weighted by Gasteiger charge is -2.12. The van der Waals surface area contributed by atoms with Crippen LogP contribution in [0.15, 0.2) is 43.1 Å². The van der Waals surface area contributed by atoms with Gasteiger partial charge in [-0.1, -0.05) is 28.7 Å². The molecule has 25 heavy (non-hydrogen) atoms. The first kappa shape index (κ1) is 17.5. The van der Waals surface area contributed by atoms with Crippen LogP contribution in [-0.4, -0.2) is 34.9 Å². The highest BCUT2D eigenvalue weighted by molar-refractivity contribution is 7.78. The summed E-state index contributed by atoms with van der Waals surface area (Å²) < 4.78 is 28.9. The van der Waals surface area contributed by atoms with E-state index < -0.39 is 11.1 Å². The minimum atomic E-state index is -2.16. The van der Waals surface area contributed by atoms with Crippen LogP contribution in [-0.2, 0) is 16.8 Å². The maximum Gasteiger partial charge on any atom is 0.155 e. The van der Waals surface area contributed by atoms with Gasteiger partial charge in [0.2, 0.25) is 0 Å². The van der Waals surface area contributed by atoms with E-state index in [1.54, 1.807) is 41.5 Å². The van der Waals surface area contributed by atoms with E-state index in [0.717, 1.165) is 0 Å². The van der Waals surface area contributed by atoms with Gasteiger partial charge in [-0.25, -0.2) is 9.97 Å². The van der Waals surface area contributed by atoms with Gasteiger partial charge in [0.25, 0.3) is 0 Å². The SMILES string of the molecule is CCOc1ccncc1-c1c(Cl)ncn1-c1ccc(CS(=O)[O-])cn1. The van der Waals surface area contributed by atoms with Crippen LogP contribution in [0.4, 0.5) is 0 Å². The molecule has 0 fully saturated rings. The van der Waals surface area contributed by atoms with Crippen LogP contribution in [0.25, 0.3) is 17.1 Å². The summed E-state index contributed by atoms with van der Waals surface area (Å²) in [5.74, 6) is 1.11. The van der Waals surface area contributed by atoms with Crippen molar-refractivity contribution in [3.8, 4) is 22.8 Å². The molecule has 3 rings (SSSR count). The summed E-state index contributed by atoms with van der Waals surface area (Å²) in [6, 6.07) is 5.16. The number of halogens is 1. The number of nitrogens with zero attached hydrogens (tertiary/aromatic N) is 4. The standard InChI is InChI=1S/C16H15ClN4O3S/c1-2-24-13-5-6-18-8-12(13)15-16(17)20-10-21(15)14-4-3-11(7-19-14)9-25(22)23/h3-8,10H,2,9H2,1H3,(H,22,23)/p-1. The third-order valence-electron chi connectivity index (χ3n) is 3.40. The maximum absolute atomic E-state index is 10.8. The van der Waals surface area contributed by atoms with Gasteiger partial charge >= 0.3 is 0 Å². The first-order valence-corrected chi connectivity index (χ1v) is 9.03. The Morgan fingerprint density at radius 3 is 2.80 bits per heavy atom. The average Bonchev–Trinajstić information content (AvgIpc) is 2.97. The van der Waals surface area contributed by atoms with E-state index in [4.69, 9.17) is 16.3 Å². The Bertz CT molecular complexity index is 899. The minimum Gasteiger partial charge on any atom is -0.772 e. The molecule has 3 aromatic rings. The molecule has 0 saturated heterocycles. The molecular formula is C16H14ClN4O3S-. The molecule has 0 N–H and O–H groups in total. The highest BCUT2D eigenvalue weighted by Crippen LogP contribution is 2.35. The lowest BCUT2D eigenvalue weighted by molar-refractivity contribution is 0.341. The summed E-state index contributed by atoms with van der Waals surface area (Å²) in [4.78, 5) is 12.6. The summed E-state index contributed by atoms with van der Waals surface area (Å²) in [7, 11) is 0. The summed E-state index contributed by atoms with van der Waals surface area (Å²) in [6.45, 7) is 2.39. The van der Waals surface area contributed by atoms with Crippen LogP contribution in [0.5, 0.6) is 5.75 Å². The second-order valence-corrected chi connectivity index (χ2v) is 6.29. The molecular weight excluding hydrogens is 364 g/mol. The maximum atomic E-state index is 10.8. The van der Waals surface area contributed by atoms with Crippen LogP contribution in [0.3, 0.4) is 0 Å². The lowest BCUT2D eigenvalue weighted by Crippen LogP contribution is -2.02. The largest absolute Gasteiger partial charge is 0.772 e. The molecule has 7 nitrogen and oxygen atoms in total. The van der Waals surface area contributed by atoms with Gasteiger partial charge in [-0.15, -0.1) is 0 Å². The molecule has 9 heteroatoms. The zero-order chi connectivity index (χ0) is 17.8. The number of ether oxygens (including phenoxy) is 1. The fraction of sp³-hybridized carbons (Fsp3) is 0.188. The fourth-order valence-electron chi connectivity index (χ4n) is 2.36. The molecule has 0 aliphatic heterocycles. The number of imidazole rings is 1. The van der Waals surface area contributed by atoms with Gasteiger partial charge in [-0.2, -0.15) is 0 Å². The van der Waals surface area contributed by atoms with Crippen molar-refractivity contribution in [2.45, 2.75) is 12.7 Å². The van der Waals surface area contributed by atoms with Crippen LogP contribution in [0.1, 0.15) is 12.5 Å². The Morgan fingerprint density at radius 1 is 1.28 bits per heavy atom. The van der Waals surface area contributed by atoms with Crippen molar-refractivity contribution in [3.05, 3.63) is 53.8 Å². The molecule has 1 atom stereocenters. The van der Waals surface area contributed by atoms with Gasteiger partial charge in [-0.3, -0.25) is 13.8 Å². The van der Waals surface area contributed by atoms with Crippen molar-refractivity contribution in [1.82, 2.24) is 19.5 Å². The first-order valence-electron chi connectivity index (χ1n) is 7.41. The lowest BCUT2D eigenvalue weighted by atomic mass is 10.2. The summed E-state index contributed by atoms with van der Waals surface area (Å²) >= 11 is 4.12. The van der Waals surface area contributed by atoms with E-state index in [-0.39, 0.29) is 5.75 Å². The van der Waals surface area contributed by atoms with E-state index in [1.807, 2.05) is 6.92 Å². The molecule has 3 heterocycles. The Morgan fingerprint density at radius 2 is 2.12 bits per heavy atom. The fourth-order valence-corrected chi connectivity index (χ4v) is 3.04. The van der Waals surface area contributed by atoms with E-state index >= 15 is 0 Å². The van der Waals surface area contributed by atoms with Crippen molar-refractivity contribution in [1.29, 1.82) is 0 Å². The normalized spacial score (nSPS) is 12.1. The van der Waals surface area contributed by atoms with Gasteiger partial charge in [0.1, 0.15) is 17.9 Å². The highest BCUT2D eigenvalue weighted by Gasteiger charge is 2.18. The Labute approximate surface area is 152 Å². The van der Waals surface area contributed by atoms with Gasteiger partial charge in [0.15, 0.2) is 5.15 Å². The molecule has 3 aromatic heterocycles. The Hall–Kier alpha value is -2.29. The molecule has 130 valence electrons. The number of pyridine rings is 2. The number of hydrogen-bond acceptors (Lipinski definition) is 6. The number of hydrogen-bond donors (Lipinski definition) is 0. The van der Waals surface area contributed by atoms with E-state index in [2.05, 4.69) is 15.0 Å². The molecule has 0 bridgehead atoms. The van der Waals surface area contributed by atoms with Crippen molar-refractivity contribution >= 4 is 22.7 Å². The number of rotatable bonds is 6. The third kappa shape index (κ3) is 3.87. The van der Waals surface area contributed by atoms with Gasteiger partial charge in [0, 0.05) is 24.3 Å². The molecule has 1 unspecified atom stereocenters. The first-order chi connectivity index (χ1) is 12.1. The van der Waals surface area contributed by atoms with Crippen molar-refractivity contribution in [3.63, 3.8) is 0 Å². The monoisotopic (exact) mass is 377 g/mol. The van der Waals surface area contributed by atoms with E-state index in [9.17, 15) is 8.76 Å². The molecule has 0 saturated carbocycles. The zero-order valence-electron chi connectivity index (χ0n) is 13.3. The molecule has 0 aromatic carbocycles. The number of aromatic nitrogens is 4. The minimum absolute atomic E-state index is 0.0814. The van der Waals surface area contributed by atoms with Gasteiger partial charge in [-0.05, 0) is 24.6 Å². The molecule has 0 amide bonds. The van der Waals surface area contributed by atoms with Crippen LogP contribution in [0, 0.1) is 0 Å². The highest BCUT2D eigenvalue weighted by atomic mass is 35.5. The Balaban J connectivity index is 2.04. The van der Waals surface area contributed by atoms with Gasteiger partial charge < -0.3 is 9.29 Å². The third-order valence-corrected chi connectivity index (χ3v) is 4.24. The summed E-state index contributed by atoms with van der Waals surface area (Å²) in [6.07, 6.45) is 6.35. The van der Waals surface area contributed by atoms with Gasteiger partial charge in [0.05, 0.1) is 17.9 Å². The molecule has 0 spiro atoms. The van der Waals surface area contributed by atoms with Crippen molar-refractivity contribution in [2.24, 2.45) is 0 Å². The Kier molecular flexibility index (Phi) is 5.42. The van der Waals surface area contributed by atoms with Crippen LogP contribution >= 0.6 is 11.6 Å². The predicted octanol–water partition coefficient (Wildman–Crippen LogP) is 2.76. The molecule has 0 aliphatic rings. The molecule has 0 radical (unpaired) electrons. The smallest absolute Gasteiger partial charge is 0.155 e. The molecule has 0 aliphatic carbocycles. The summed E-state index contributed by atoms with van der Waals surface area (Å²) in [5.41, 5.74) is 1.89. The zero-order valence-corrected chi connectivity index (χ0v) is 14.8. The summed E-state index contributed by atoms with van der Waals surface area (Å²) in [5, 5.41) is 0.292.